The molecule has 0 fully saturated rings. The predicted molar refractivity (Wildman–Crippen MR) is 116 cm³/mol. The summed E-state index contributed by atoms with van der Waals surface area (Å²) in [6, 6.07) is 15.9. The maximum Gasteiger partial charge on any atom is 0.237 e. The molecule has 0 aliphatic carbocycles. The Balaban J connectivity index is 1.79. The molecule has 0 saturated carbocycles. The van der Waals surface area contributed by atoms with Crippen molar-refractivity contribution in [3.63, 3.8) is 0 Å². The van der Waals surface area contributed by atoms with Crippen LogP contribution in [-0.2, 0) is 11.3 Å². The molecule has 1 atom stereocenters. The highest BCUT2D eigenvalue weighted by Crippen LogP contribution is 2.28. The number of aromatic nitrogens is 3. The quantitative estimate of drug-likeness (QED) is 0.460. The molecule has 0 bridgehead atoms. The predicted octanol–water partition coefficient (Wildman–Crippen LogP) is 4.87. The summed E-state index contributed by atoms with van der Waals surface area (Å²) in [6.45, 7) is 10.3. The van der Waals surface area contributed by atoms with Crippen LogP contribution in [0.5, 0.6) is 0 Å². The van der Waals surface area contributed by atoms with Crippen molar-refractivity contribution in [3.8, 4) is 11.4 Å². The molecule has 5 nitrogen and oxygen atoms in total. The van der Waals surface area contributed by atoms with Gasteiger partial charge in [-0.2, -0.15) is 0 Å². The Morgan fingerprint density at radius 3 is 2.68 bits per heavy atom. The van der Waals surface area contributed by atoms with Gasteiger partial charge >= 0.3 is 0 Å². The second-order valence-corrected chi connectivity index (χ2v) is 7.95. The lowest BCUT2D eigenvalue weighted by molar-refractivity contribution is -0.115. The summed E-state index contributed by atoms with van der Waals surface area (Å²) in [5.41, 5.74) is 3.97. The van der Waals surface area contributed by atoms with E-state index in [4.69, 9.17) is 0 Å². The van der Waals surface area contributed by atoms with Crippen LogP contribution in [0.4, 0.5) is 5.69 Å². The molecule has 3 rings (SSSR count). The number of rotatable bonds is 7. The van der Waals surface area contributed by atoms with E-state index in [-0.39, 0.29) is 11.2 Å². The van der Waals surface area contributed by atoms with Gasteiger partial charge in [0.15, 0.2) is 11.0 Å². The highest BCUT2D eigenvalue weighted by atomic mass is 32.2. The Labute approximate surface area is 169 Å². The molecule has 1 heterocycles. The lowest BCUT2D eigenvalue weighted by Crippen LogP contribution is -2.23. The average Bonchev–Trinajstić information content (AvgIpc) is 3.08. The molecule has 0 aliphatic heterocycles. The Kier molecular flexibility index (Phi) is 6.31. The molecular formula is C22H24N4OS. The first kappa shape index (κ1) is 19.9. The van der Waals surface area contributed by atoms with E-state index >= 15 is 0 Å². The van der Waals surface area contributed by atoms with E-state index in [1.165, 1.54) is 11.8 Å². The lowest BCUT2D eigenvalue weighted by atomic mass is 10.1. The molecule has 1 aromatic heterocycles. The zero-order valence-electron chi connectivity index (χ0n) is 16.3. The normalized spacial score (nSPS) is 11.8. The molecule has 144 valence electrons. The first-order chi connectivity index (χ1) is 13.5. The molecule has 2 aromatic carbocycles. The van der Waals surface area contributed by atoms with Crippen LogP contribution < -0.4 is 5.32 Å². The fraction of sp³-hybridized carbons (Fsp3) is 0.227. The van der Waals surface area contributed by atoms with Crippen LogP contribution >= 0.6 is 11.8 Å². The van der Waals surface area contributed by atoms with E-state index < -0.39 is 0 Å². The molecule has 0 radical (unpaired) electrons. The maximum atomic E-state index is 12.7. The van der Waals surface area contributed by atoms with Gasteiger partial charge in [0.1, 0.15) is 0 Å². The highest BCUT2D eigenvalue weighted by Gasteiger charge is 2.21. The van der Waals surface area contributed by atoms with Crippen LogP contribution in [0.1, 0.15) is 18.1 Å². The third kappa shape index (κ3) is 4.51. The summed E-state index contributed by atoms with van der Waals surface area (Å²) in [5, 5.41) is 12.1. The summed E-state index contributed by atoms with van der Waals surface area (Å²) < 4.78 is 1.98. The van der Waals surface area contributed by atoms with Crippen molar-refractivity contribution < 1.29 is 4.79 Å². The topological polar surface area (TPSA) is 59.8 Å². The number of aryl methyl sites for hydroxylation is 2. The second kappa shape index (κ2) is 8.89. The first-order valence-corrected chi connectivity index (χ1v) is 10.0. The molecule has 28 heavy (non-hydrogen) atoms. The third-order valence-corrected chi connectivity index (χ3v) is 5.44. The lowest BCUT2D eigenvalue weighted by Gasteiger charge is -2.14. The van der Waals surface area contributed by atoms with Crippen molar-refractivity contribution in [3.05, 3.63) is 72.3 Å². The Morgan fingerprint density at radius 2 is 1.96 bits per heavy atom. The van der Waals surface area contributed by atoms with E-state index in [0.29, 0.717) is 11.7 Å². The second-order valence-electron chi connectivity index (χ2n) is 6.64. The van der Waals surface area contributed by atoms with Crippen molar-refractivity contribution in [2.45, 2.75) is 37.7 Å². The van der Waals surface area contributed by atoms with Gasteiger partial charge in [-0.05, 0) is 38.0 Å². The first-order valence-electron chi connectivity index (χ1n) is 9.14. The van der Waals surface area contributed by atoms with E-state index in [2.05, 4.69) is 22.1 Å². The summed E-state index contributed by atoms with van der Waals surface area (Å²) in [5.74, 6) is 0.707. The Hall–Kier alpha value is -2.86. The number of anilines is 1. The molecule has 3 aromatic rings. The number of amides is 1. The van der Waals surface area contributed by atoms with Gasteiger partial charge in [-0.25, -0.2) is 0 Å². The van der Waals surface area contributed by atoms with Gasteiger partial charge in [0.05, 0.1) is 5.25 Å². The minimum absolute atomic E-state index is 0.0619. The summed E-state index contributed by atoms with van der Waals surface area (Å²) in [6.07, 6.45) is 1.81. The number of carbonyl (C=O) groups is 1. The number of hydrogen-bond acceptors (Lipinski definition) is 4. The summed E-state index contributed by atoms with van der Waals surface area (Å²) in [7, 11) is 0. The van der Waals surface area contributed by atoms with Crippen LogP contribution in [0.15, 0.2) is 66.3 Å². The minimum atomic E-state index is -0.323. The fourth-order valence-electron chi connectivity index (χ4n) is 2.79. The molecule has 1 N–H and O–H groups in total. The standard InChI is InChI=1S/C22H24N4OS/c1-5-13-26-20(18-9-7-6-8-10-18)24-25-22(26)28-17(4)21(27)23-19-14-15(2)11-12-16(19)3/h5-12,14,17H,1,13H2,2-4H3,(H,23,27)/t17-/m0/s1. The molecule has 0 unspecified atom stereocenters. The average molecular weight is 393 g/mol. The van der Waals surface area contributed by atoms with Gasteiger partial charge in [-0.1, -0.05) is 60.3 Å². The largest absolute Gasteiger partial charge is 0.325 e. The fourth-order valence-corrected chi connectivity index (χ4v) is 3.65. The molecule has 1 amide bonds. The van der Waals surface area contributed by atoms with Crippen LogP contribution in [0.3, 0.4) is 0 Å². The van der Waals surface area contributed by atoms with Gasteiger partial charge in [0, 0.05) is 17.8 Å². The van der Waals surface area contributed by atoms with Gasteiger partial charge in [-0.15, -0.1) is 16.8 Å². The number of benzene rings is 2. The smallest absolute Gasteiger partial charge is 0.237 e. The van der Waals surface area contributed by atoms with Crippen molar-refractivity contribution in [2.24, 2.45) is 0 Å². The third-order valence-electron chi connectivity index (χ3n) is 4.36. The number of nitrogens with zero attached hydrogens (tertiary/aromatic N) is 3. The monoisotopic (exact) mass is 392 g/mol. The number of allylic oxidation sites excluding steroid dienone is 1. The van der Waals surface area contributed by atoms with Crippen molar-refractivity contribution in [1.29, 1.82) is 0 Å². The highest BCUT2D eigenvalue weighted by molar-refractivity contribution is 8.00. The van der Waals surface area contributed by atoms with Gasteiger partial charge in [-0.3, -0.25) is 9.36 Å². The van der Waals surface area contributed by atoms with Crippen LogP contribution in [0.25, 0.3) is 11.4 Å². The van der Waals surface area contributed by atoms with Gasteiger partial charge in [0.2, 0.25) is 5.91 Å². The SMILES string of the molecule is C=CCn1c(S[C@@H](C)C(=O)Nc2cc(C)ccc2C)nnc1-c1ccccc1. The van der Waals surface area contributed by atoms with Crippen LogP contribution in [0, 0.1) is 13.8 Å². The molecule has 6 heteroatoms. The van der Waals surface area contributed by atoms with E-state index in [1.807, 2.05) is 73.9 Å². The molecule has 0 aliphatic rings. The minimum Gasteiger partial charge on any atom is -0.325 e. The Morgan fingerprint density at radius 1 is 1.21 bits per heavy atom. The zero-order valence-corrected chi connectivity index (χ0v) is 17.2. The van der Waals surface area contributed by atoms with Gasteiger partial charge in [0.25, 0.3) is 0 Å². The zero-order chi connectivity index (χ0) is 20.1. The number of nitrogens with one attached hydrogen (secondary N) is 1. The number of hydrogen-bond donors (Lipinski definition) is 1. The van der Waals surface area contributed by atoms with E-state index in [9.17, 15) is 4.79 Å². The molecular weight excluding hydrogens is 368 g/mol. The van der Waals surface area contributed by atoms with Crippen LogP contribution in [0.2, 0.25) is 0 Å². The summed E-state index contributed by atoms with van der Waals surface area (Å²) >= 11 is 1.39. The number of thioether (sulfide) groups is 1. The van der Waals surface area contributed by atoms with E-state index in [0.717, 1.165) is 28.2 Å². The Bertz CT molecular complexity index is 981. The van der Waals surface area contributed by atoms with E-state index in [1.54, 1.807) is 6.08 Å². The number of carbonyl (C=O) groups excluding carboxylic acids is 1. The van der Waals surface area contributed by atoms with Crippen molar-refractivity contribution >= 4 is 23.4 Å². The molecule has 0 spiro atoms. The van der Waals surface area contributed by atoms with Crippen molar-refractivity contribution in [2.75, 3.05) is 5.32 Å². The van der Waals surface area contributed by atoms with Gasteiger partial charge < -0.3 is 5.32 Å². The van der Waals surface area contributed by atoms with Crippen molar-refractivity contribution in [1.82, 2.24) is 14.8 Å². The molecule has 0 saturated heterocycles. The summed E-state index contributed by atoms with van der Waals surface area (Å²) in [4.78, 5) is 12.7. The van der Waals surface area contributed by atoms with Crippen LogP contribution in [-0.4, -0.2) is 25.9 Å². The maximum absolute atomic E-state index is 12.7.